The minimum Gasteiger partial charge on any atom is -0.444 e. The predicted octanol–water partition coefficient (Wildman–Crippen LogP) is 3.94. The highest BCUT2D eigenvalue weighted by Crippen LogP contribution is 2.17. The van der Waals surface area contributed by atoms with Crippen molar-refractivity contribution in [3.8, 4) is 0 Å². The molecular weight excluding hydrogens is 328 g/mol. The Kier molecular flexibility index (Phi) is 7.87. The van der Waals surface area contributed by atoms with Crippen molar-refractivity contribution in [2.45, 2.75) is 59.1 Å². The van der Waals surface area contributed by atoms with Crippen molar-refractivity contribution in [3.05, 3.63) is 48.2 Å². The van der Waals surface area contributed by atoms with Crippen LogP contribution in [0.3, 0.4) is 0 Å². The van der Waals surface area contributed by atoms with E-state index in [1.807, 2.05) is 49.1 Å². The van der Waals surface area contributed by atoms with Gasteiger partial charge in [-0.1, -0.05) is 30.3 Å². The van der Waals surface area contributed by atoms with E-state index in [4.69, 9.17) is 4.74 Å². The normalized spacial score (nSPS) is 13.9. The summed E-state index contributed by atoms with van der Waals surface area (Å²) in [5, 5.41) is 2.78. The molecule has 0 aliphatic carbocycles. The summed E-state index contributed by atoms with van der Waals surface area (Å²) < 4.78 is 5.35. The lowest BCUT2D eigenvalue weighted by Gasteiger charge is -2.30. The fourth-order valence-electron chi connectivity index (χ4n) is 2.52. The summed E-state index contributed by atoms with van der Waals surface area (Å²) in [6, 6.07) is 9.63. The quantitative estimate of drug-likeness (QED) is 0.714. The van der Waals surface area contributed by atoms with E-state index < -0.39 is 17.2 Å². The fraction of sp³-hybridized carbons (Fsp3) is 0.524. The number of amides is 1. The first kappa shape index (κ1) is 21.7. The second-order valence-electron chi connectivity index (χ2n) is 7.52. The Morgan fingerprint density at radius 3 is 2.15 bits per heavy atom. The number of nitrogens with one attached hydrogen (secondary N) is 1. The molecular formula is C21H32N2O3. The highest BCUT2D eigenvalue weighted by Gasteiger charge is 2.35. The van der Waals surface area contributed by atoms with Crippen LogP contribution in [0.2, 0.25) is 0 Å². The van der Waals surface area contributed by atoms with Gasteiger partial charge < -0.3 is 15.0 Å². The van der Waals surface area contributed by atoms with Gasteiger partial charge in [0.15, 0.2) is 5.78 Å². The zero-order valence-electron chi connectivity index (χ0n) is 16.8. The number of ketones is 1. The Morgan fingerprint density at radius 2 is 1.65 bits per heavy atom. The largest absolute Gasteiger partial charge is 0.444 e. The molecule has 0 aliphatic heterocycles. The van der Waals surface area contributed by atoms with E-state index in [1.165, 1.54) is 6.08 Å². The predicted molar refractivity (Wildman–Crippen MR) is 105 cm³/mol. The molecule has 0 bridgehead atoms. The molecule has 1 rings (SSSR count). The topological polar surface area (TPSA) is 58.6 Å². The van der Waals surface area contributed by atoms with Gasteiger partial charge in [0, 0.05) is 25.7 Å². The van der Waals surface area contributed by atoms with Gasteiger partial charge in [-0.25, -0.2) is 4.79 Å². The van der Waals surface area contributed by atoms with Crippen LogP contribution in [0.15, 0.2) is 42.6 Å². The van der Waals surface area contributed by atoms with Crippen molar-refractivity contribution in [2.75, 3.05) is 13.1 Å². The van der Waals surface area contributed by atoms with E-state index in [2.05, 4.69) is 5.32 Å². The van der Waals surface area contributed by atoms with E-state index in [0.29, 0.717) is 6.42 Å². The number of rotatable bonds is 8. The summed E-state index contributed by atoms with van der Waals surface area (Å²) in [7, 11) is 0. The lowest BCUT2D eigenvalue weighted by atomic mass is 9.88. The molecule has 144 valence electrons. The van der Waals surface area contributed by atoms with Crippen LogP contribution in [-0.4, -0.2) is 41.0 Å². The minimum absolute atomic E-state index is 0.167. The molecule has 1 aromatic carbocycles. The standard InChI is InChI=1S/C21H32N2O3/c1-7-23(8-2)15-14-18(24)21(6,16-17-12-10-9-11-13-17)22-19(25)26-20(3,4)5/h9-15H,7-8,16H2,1-6H3,(H,22,25)/b15-14+. The smallest absolute Gasteiger partial charge is 0.408 e. The van der Waals surface area contributed by atoms with Crippen molar-refractivity contribution in [2.24, 2.45) is 0 Å². The average Bonchev–Trinajstić information content (AvgIpc) is 2.54. The van der Waals surface area contributed by atoms with Crippen molar-refractivity contribution in [1.82, 2.24) is 10.2 Å². The molecule has 5 heteroatoms. The van der Waals surface area contributed by atoms with Crippen LogP contribution in [-0.2, 0) is 16.0 Å². The Hall–Kier alpha value is -2.30. The molecule has 0 fully saturated rings. The summed E-state index contributed by atoms with van der Waals surface area (Å²) in [6.45, 7) is 12.8. The van der Waals surface area contributed by atoms with Crippen LogP contribution < -0.4 is 5.32 Å². The number of benzene rings is 1. The van der Waals surface area contributed by atoms with Crippen molar-refractivity contribution in [3.63, 3.8) is 0 Å². The van der Waals surface area contributed by atoms with Gasteiger partial charge in [0.25, 0.3) is 0 Å². The Morgan fingerprint density at radius 1 is 1.08 bits per heavy atom. The Labute approximate surface area is 157 Å². The molecule has 0 saturated heterocycles. The van der Waals surface area contributed by atoms with Gasteiger partial charge in [0.1, 0.15) is 11.1 Å². The summed E-state index contributed by atoms with van der Waals surface area (Å²) in [5.74, 6) is -0.167. The van der Waals surface area contributed by atoms with E-state index in [9.17, 15) is 9.59 Å². The van der Waals surface area contributed by atoms with E-state index >= 15 is 0 Å². The number of carbonyl (C=O) groups is 2. The van der Waals surface area contributed by atoms with Gasteiger partial charge in [0.2, 0.25) is 0 Å². The van der Waals surface area contributed by atoms with E-state index in [0.717, 1.165) is 18.7 Å². The zero-order chi connectivity index (χ0) is 19.8. The van der Waals surface area contributed by atoms with E-state index in [1.54, 1.807) is 33.9 Å². The first-order chi connectivity index (χ1) is 12.1. The highest BCUT2D eigenvalue weighted by atomic mass is 16.6. The SMILES string of the molecule is CCN(/C=C/C(=O)C(C)(Cc1ccccc1)NC(=O)OC(C)(C)C)CC. The van der Waals surface area contributed by atoms with Crippen molar-refractivity contribution < 1.29 is 14.3 Å². The molecule has 1 N–H and O–H groups in total. The van der Waals surface area contributed by atoms with Crippen LogP contribution in [0, 0.1) is 0 Å². The van der Waals surface area contributed by atoms with Crippen molar-refractivity contribution in [1.29, 1.82) is 0 Å². The number of hydrogen-bond donors (Lipinski definition) is 1. The number of alkyl carbamates (subject to hydrolysis) is 1. The maximum atomic E-state index is 12.9. The van der Waals surface area contributed by atoms with E-state index in [-0.39, 0.29) is 5.78 Å². The number of hydrogen-bond acceptors (Lipinski definition) is 4. The van der Waals surface area contributed by atoms with Crippen LogP contribution in [0.1, 0.15) is 47.1 Å². The summed E-state index contributed by atoms with van der Waals surface area (Å²) in [4.78, 5) is 27.2. The second-order valence-corrected chi connectivity index (χ2v) is 7.52. The molecule has 0 radical (unpaired) electrons. The van der Waals surface area contributed by atoms with Gasteiger partial charge in [-0.2, -0.15) is 0 Å². The van der Waals surface area contributed by atoms with Crippen LogP contribution >= 0.6 is 0 Å². The molecule has 1 atom stereocenters. The van der Waals surface area contributed by atoms with Crippen LogP contribution in [0.5, 0.6) is 0 Å². The van der Waals surface area contributed by atoms with Crippen molar-refractivity contribution >= 4 is 11.9 Å². The molecule has 1 unspecified atom stereocenters. The Balaban J connectivity index is 3.03. The van der Waals surface area contributed by atoms with Gasteiger partial charge in [-0.15, -0.1) is 0 Å². The van der Waals surface area contributed by atoms with Gasteiger partial charge >= 0.3 is 6.09 Å². The second kappa shape index (κ2) is 9.41. The molecule has 0 aliphatic rings. The molecule has 1 amide bonds. The Bertz CT molecular complexity index is 616. The number of ether oxygens (including phenoxy) is 1. The van der Waals surface area contributed by atoms with Gasteiger partial charge in [-0.3, -0.25) is 4.79 Å². The van der Waals surface area contributed by atoms with Crippen LogP contribution in [0.4, 0.5) is 4.79 Å². The van der Waals surface area contributed by atoms with Gasteiger partial charge in [0.05, 0.1) is 0 Å². The maximum Gasteiger partial charge on any atom is 0.408 e. The lowest BCUT2D eigenvalue weighted by Crippen LogP contribution is -2.54. The molecule has 0 saturated carbocycles. The molecule has 0 heterocycles. The number of carbonyl (C=O) groups excluding carboxylic acids is 2. The lowest BCUT2D eigenvalue weighted by molar-refractivity contribution is -0.120. The molecule has 0 aromatic heterocycles. The molecule has 1 aromatic rings. The summed E-state index contributed by atoms with van der Waals surface area (Å²) in [6.07, 6.45) is 3.10. The summed E-state index contributed by atoms with van der Waals surface area (Å²) >= 11 is 0. The first-order valence-electron chi connectivity index (χ1n) is 9.11. The molecule has 5 nitrogen and oxygen atoms in total. The third-order valence-corrected chi connectivity index (χ3v) is 3.97. The third-order valence-electron chi connectivity index (χ3n) is 3.97. The first-order valence-corrected chi connectivity index (χ1v) is 9.11. The third kappa shape index (κ3) is 7.30. The molecule has 0 spiro atoms. The molecule has 26 heavy (non-hydrogen) atoms. The maximum absolute atomic E-state index is 12.9. The van der Waals surface area contributed by atoms with Gasteiger partial charge in [-0.05, 0) is 53.2 Å². The number of nitrogens with zero attached hydrogens (tertiary/aromatic N) is 1. The highest BCUT2D eigenvalue weighted by molar-refractivity contribution is 5.99. The summed E-state index contributed by atoms with van der Waals surface area (Å²) in [5.41, 5.74) is -0.749. The fourth-order valence-corrected chi connectivity index (χ4v) is 2.52. The average molecular weight is 360 g/mol. The zero-order valence-corrected chi connectivity index (χ0v) is 16.8. The monoisotopic (exact) mass is 360 g/mol. The van der Waals surface area contributed by atoms with Crippen LogP contribution in [0.25, 0.3) is 0 Å². The minimum atomic E-state index is -1.09.